The van der Waals surface area contributed by atoms with Crippen LogP contribution in [0.4, 0.5) is 8.78 Å². The van der Waals surface area contributed by atoms with Crippen LogP contribution in [0.5, 0.6) is 0 Å². The van der Waals surface area contributed by atoms with Gasteiger partial charge in [0.2, 0.25) is 0 Å². The van der Waals surface area contributed by atoms with E-state index in [1.165, 1.54) is 11.0 Å². The summed E-state index contributed by atoms with van der Waals surface area (Å²) in [6.45, 7) is 6.20. The molecular weight excluding hydrogens is 372 g/mol. The molecule has 1 aliphatic rings. The second-order valence-electron chi connectivity index (χ2n) is 7.50. The van der Waals surface area contributed by atoms with Crippen molar-refractivity contribution in [1.29, 1.82) is 0 Å². The van der Waals surface area contributed by atoms with Crippen molar-refractivity contribution in [3.05, 3.63) is 36.5 Å². The maximum atomic E-state index is 14.0. The van der Waals surface area contributed by atoms with E-state index in [0.717, 1.165) is 25.7 Å². The Morgan fingerprint density at radius 1 is 1.24 bits per heavy atom. The number of aliphatic hydroxyl groups excluding tert-OH is 1. The van der Waals surface area contributed by atoms with Crippen LogP contribution in [0, 0.1) is 17.8 Å². The maximum Gasteiger partial charge on any atom is 0.327 e. The van der Waals surface area contributed by atoms with Crippen LogP contribution in [-0.4, -0.2) is 40.5 Å². The molecule has 1 aliphatic heterocycles. The summed E-state index contributed by atoms with van der Waals surface area (Å²) in [7, 11) is 0. The van der Waals surface area contributed by atoms with E-state index < -0.39 is 30.4 Å². The number of nitrogens with zero attached hydrogens (tertiary/aromatic N) is 1. The number of aliphatic hydroxyl groups is 1. The predicted octanol–water partition coefficient (Wildman–Crippen LogP) is 5.27. The molecule has 3 nitrogen and oxygen atoms in total. The highest BCUT2D eigenvalue weighted by Crippen LogP contribution is 2.34. The first kappa shape index (κ1) is 25.1. The molecule has 1 fully saturated rings. The quantitative estimate of drug-likeness (QED) is 0.219. The second kappa shape index (κ2) is 13.3. The van der Waals surface area contributed by atoms with Crippen molar-refractivity contribution in [3.63, 3.8) is 0 Å². The molecule has 5 heteroatoms. The van der Waals surface area contributed by atoms with Gasteiger partial charge in [-0.3, -0.25) is 4.79 Å². The molecule has 1 saturated heterocycles. The molecule has 0 aromatic carbocycles. The van der Waals surface area contributed by atoms with Gasteiger partial charge in [-0.25, -0.2) is 0 Å². The van der Waals surface area contributed by atoms with Crippen molar-refractivity contribution in [2.45, 2.75) is 83.8 Å². The van der Waals surface area contributed by atoms with Crippen molar-refractivity contribution in [2.24, 2.45) is 5.92 Å². The number of amides is 1. The Kier molecular flexibility index (Phi) is 11.5. The minimum Gasteiger partial charge on any atom is -0.389 e. The van der Waals surface area contributed by atoms with Gasteiger partial charge in [0.25, 0.3) is 5.91 Å². The Morgan fingerprint density at radius 3 is 2.66 bits per heavy atom. The Morgan fingerprint density at radius 2 is 1.97 bits per heavy atom. The molecule has 1 amide bonds. The third-order valence-corrected chi connectivity index (χ3v) is 4.92. The van der Waals surface area contributed by atoms with Crippen LogP contribution >= 0.6 is 0 Å². The van der Waals surface area contributed by atoms with Crippen molar-refractivity contribution in [1.82, 2.24) is 4.90 Å². The number of hydrogen-bond donors (Lipinski definition) is 1. The third-order valence-electron chi connectivity index (χ3n) is 4.92. The highest BCUT2D eigenvalue weighted by molar-refractivity contribution is 5.86. The van der Waals surface area contributed by atoms with Gasteiger partial charge in [0.1, 0.15) is 0 Å². The lowest BCUT2D eigenvalue weighted by Crippen LogP contribution is -2.36. The van der Waals surface area contributed by atoms with Crippen LogP contribution in [0.25, 0.3) is 0 Å². The maximum absolute atomic E-state index is 14.0. The monoisotopic (exact) mass is 407 g/mol. The molecule has 0 bridgehead atoms. The molecule has 162 valence electrons. The number of rotatable bonds is 11. The highest BCUT2D eigenvalue weighted by Gasteiger charge is 2.52. The summed E-state index contributed by atoms with van der Waals surface area (Å²) >= 11 is 0. The number of carbonyl (C=O) groups is 1. The number of carbonyl (C=O) groups excluding carboxylic acids is 1. The van der Waals surface area contributed by atoms with Crippen molar-refractivity contribution in [2.75, 3.05) is 6.54 Å². The Labute approximate surface area is 174 Å². The van der Waals surface area contributed by atoms with Gasteiger partial charge in [-0.2, -0.15) is 8.78 Å². The molecule has 0 radical (unpaired) electrons. The van der Waals surface area contributed by atoms with Gasteiger partial charge < -0.3 is 10.0 Å². The van der Waals surface area contributed by atoms with E-state index in [0.29, 0.717) is 19.4 Å². The summed E-state index contributed by atoms with van der Waals surface area (Å²) in [5.74, 6) is 1.42. The lowest BCUT2D eigenvalue weighted by atomic mass is 9.99. The number of halogens is 2. The summed E-state index contributed by atoms with van der Waals surface area (Å²) in [4.78, 5) is 13.3. The average Bonchev–Trinajstić information content (AvgIpc) is 2.90. The summed E-state index contributed by atoms with van der Waals surface area (Å²) in [5, 5.41) is 10.2. The van der Waals surface area contributed by atoms with Gasteiger partial charge >= 0.3 is 5.92 Å². The first-order valence-electron chi connectivity index (χ1n) is 10.7. The summed E-state index contributed by atoms with van der Waals surface area (Å²) in [5.41, 5.74) is 0. The standard InChI is InChI=1S/C24H35F2NO2/c1-4-6-8-9-10-11-12-14-18-27-21(19-24(25,26)23(27)29)16-17-22(28)20(3)15-13-7-5-2/h6,8-10,16-17,20-22,28H,4-5,11-12,14-15,18-19H2,1-3H3/b8-6?,10-9?,17-16+/t20-,21+,22-/m1/s1. The van der Waals surface area contributed by atoms with Crippen molar-refractivity contribution in [3.8, 4) is 11.8 Å². The Bertz CT molecular complexity index is 643. The largest absolute Gasteiger partial charge is 0.389 e. The van der Waals surface area contributed by atoms with Crippen LogP contribution in [0.1, 0.15) is 65.7 Å². The summed E-state index contributed by atoms with van der Waals surface area (Å²) in [6, 6.07) is -0.677. The molecule has 0 aromatic heterocycles. The molecule has 0 aromatic rings. The fourth-order valence-corrected chi connectivity index (χ4v) is 3.10. The summed E-state index contributed by atoms with van der Waals surface area (Å²) in [6.07, 6.45) is 14.5. The lowest BCUT2D eigenvalue weighted by molar-refractivity contribution is -0.148. The molecule has 0 aliphatic carbocycles. The number of hydrogen-bond acceptors (Lipinski definition) is 2. The molecule has 3 atom stereocenters. The van der Waals surface area contributed by atoms with Crippen molar-refractivity contribution < 1.29 is 18.7 Å². The van der Waals surface area contributed by atoms with Gasteiger partial charge in [0.05, 0.1) is 12.1 Å². The van der Waals surface area contributed by atoms with E-state index in [-0.39, 0.29) is 5.92 Å². The topological polar surface area (TPSA) is 40.5 Å². The van der Waals surface area contributed by atoms with E-state index in [1.54, 1.807) is 6.08 Å². The molecule has 0 spiro atoms. The predicted molar refractivity (Wildman–Crippen MR) is 114 cm³/mol. The van der Waals surface area contributed by atoms with Crippen LogP contribution < -0.4 is 0 Å². The number of unbranched alkanes of at least 4 members (excludes halogenated alkanes) is 2. The van der Waals surface area contributed by atoms with Crippen LogP contribution in [0.15, 0.2) is 36.5 Å². The van der Waals surface area contributed by atoms with E-state index in [9.17, 15) is 18.7 Å². The highest BCUT2D eigenvalue weighted by atomic mass is 19.3. The minimum absolute atomic E-state index is 0.0927. The van der Waals surface area contributed by atoms with Gasteiger partial charge in [-0.15, -0.1) is 11.8 Å². The molecule has 0 saturated carbocycles. The number of alkyl halides is 2. The normalized spacial score (nSPS) is 21.2. The van der Waals surface area contributed by atoms with Gasteiger partial charge in [0, 0.05) is 25.8 Å². The van der Waals surface area contributed by atoms with Crippen LogP contribution in [-0.2, 0) is 4.79 Å². The first-order valence-corrected chi connectivity index (χ1v) is 10.7. The number of allylic oxidation sites excluding steroid dienone is 4. The molecule has 29 heavy (non-hydrogen) atoms. The summed E-state index contributed by atoms with van der Waals surface area (Å²) < 4.78 is 27.9. The van der Waals surface area contributed by atoms with Gasteiger partial charge in [-0.05, 0) is 31.6 Å². The fourth-order valence-electron chi connectivity index (χ4n) is 3.10. The smallest absolute Gasteiger partial charge is 0.327 e. The second-order valence-corrected chi connectivity index (χ2v) is 7.50. The van der Waals surface area contributed by atoms with E-state index >= 15 is 0 Å². The third kappa shape index (κ3) is 8.95. The van der Waals surface area contributed by atoms with E-state index in [1.807, 2.05) is 32.1 Å². The molecule has 1 N–H and O–H groups in total. The zero-order chi connectivity index (χ0) is 21.7. The van der Waals surface area contributed by atoms with Crippen LogP contribution in [0.2, 0.25) is 0 Å². The number of likely N-dealkylation sites (tertiary alicyclic amines) is 1. The van der Waals surface area contributed by atoms with Crippen LogP contribution in [0.3, 0.4) is 0 Å². The fraction of sp³-hybridized carbons (Fsp3) is 0.625. The van der Waals surface area contributed by atoms with E-state index in [4.69, 9.17) is 0 Å². The lowest BCUT2D eigenvalue weighted by Gasteiger charge is -2.22. The Balaban J connectivity index is 2.59. The van der Waals surface area contributed by atoms with E-state index in [2.05, 4.69) is 24.8 Å². The minimum atomic E-state index is -3.33. The first-order chi connectivity index (χ1) is 13.8. The zero-order valence-corrected chi connectivity index (χ0v) is 17.9. The zero-order valence-electron chi connectivity index (χ0n) is 17.9. The van der Waals surface area contributed by atoms with Gasteiger partial charge in [0.15, 0.2) is 0 Å². The molecule has 0 unspecified atom stereocenters. The Hall–Kier alpha value is -1.93. The average molecular weight is 408 g/mol. The van der Waals surface area contributed by atoms with Crippen molar-refractivity contribution >= 4 is 5.91 Å². The molecule has 1 rings (SSSR count). The van der Waals surface area contributed by atoms with Gasteiger partial charge in [-0.1, -0.05) is 57.2 Å². The SMILES string of the molecule is CCC#CC[C@@H](C)[C@H](O)/C=C/[C@H]1CC(F)(F)C(=O)N1CCCCC=CC=CCC. The molecule has 1 heterocycles. The molecular formula is C24H35F2NO2.